The quantitative estimate of drug-likeness (QED) is 0.391. The number of rotatable bonds is 6. The Morgan fingerprint density at radius 1 is 1.50 bits per heavy atom. The minimum Gasteiger partial charge on any atom is -0.374 e. The highest BCUT2D eigenvalue weighted by atomic mass is 16.5. The fourth-order valence-electron chi connectivity index (χ4n) is 1.48. The van der Waals surface area contributed by atoms with Crippen LogP contribution >= 0.6 is 0 Å². The Bertz CT molecular complexity index is 188. The summed E-state index contributed by atoms with van der Waals surface area (Å²) in [6.07, 6.45) is 3.04. The average molecular weight is 200 g/mol. The molecule has 3 N–H and O–H groups in total. The molecule has 0 radical (unpaired) electrons. The Hall–Kier alpha value is -0.380. The van der Waals surface area contributed by atoms with E-state index in [4.69, 9.17) is 10.6 Å². The number of hydrazine groups is 1. The van der Waals surface area contributed by atoms with Crippen LogP contribution in [0, 0.1) is 0 Å². The van der Waals surface area contributed by atoms with Crippen LogP contribution in [0.2, 0.25) is 0 Å². The molecule has 0 fully saturated rings. The molecular formula is C11H24N2O. The summed E-state index contributed by atoms with van der Waals surface area (Å²) in [6.45, 7) is 11.0. The molecule has 0 bridgehead atoms. The lowest BCUT2D eigenvalue weighted by molar-refractivity contribution is -0.0441. The predicted octanol–water partition coefficient (Wildman–Crippen LogP) is 1.99. The van der Waals surface area contributed by atoms with Crippen molar-refractivity contribution in [1.82, 2.24) is 5.43 Å². The molecule has 0 rings (SSSR count). The topological polar surface area (TPSA) is 47.3 Å². The van der Waals surface area contributed by atoms with Crippen molar-refractivity contribution >= 4 is 0 Å². The van der Waals surface area contributed by atoms with Gasteiger partial charge < -0.3 is 4.74 Å². The minimum atomic E-state index is -0.221. The highest BCUT2D eigenvalue weighted by molar-refractivity contribution is 5.07. The zero-order valence-electron chi connectivity index (χ0n) is 10.1. The van der Waals surface area contributed by atoms with Crippen molar-refractivity contribution < 1.29 is 4.74 Å². The monoisotopic (exact) mass is 200 g/mol. The van der Waals surface area contributed by atoms with Crippen molar-refractivity contribution in [2.45, 2.75) is 52.7 Å². The Balaban J connectivity index is 4.67. The molecule has 14 heavy (non-hydrogen) atoms. The number of nitrogens with two attached hydrogens (primary N) is 1. The summed E-state index contributed by atoms with van der Waals surface area (Å²) in [6, 6.07) is 0.0671. The summed E-state index contributed by atoms with van der Waals surface area (Å²) in [4.78, 5) is 0. The molecule has 0 aromatic heterocycles. The van der Waals surface area contributed by atoms with Crippen LogP contribution in [0.3, 0.4) is 0 Å². The van der Waals surface area contributed by atoms with E-state index < -0.39 is 0 Å². The van der Waals surface area contributed by atoms with Crippen LogP contribution in [0.1, 0.15) is 41.0 Å². The molecule has 0 spiro atoms. The molecule has 0 amide bonds. The van der Waals surface area contributed by atoms with Gasteiger partial charge >= 0.3 is 0 Å². The van der Waals surface area contributed by atoms with Crippen LogP contribution in [0.5, 0.6) is 0 Å². The first-order chi connectivity index (χ1) is 6.50. The third kappa shape index (κ3) is 3.78. The summed E-state index contributed by atoms with van der Waals surface area (Å²) in [5.41, 5.74) is 3.83. The van der Waals surface area contributed by atoms with Gasteiger partial charge in [0.15, 0.2) is 0 Å². The third-order valence-electron chi connectivity index (χ3n) is 2.51. The summed E-state index contributed by atoms with van der Waals surface area (Å²) in [7, 11) is 0. The smallest absolute Gasteiger partial charge is 0.0852 e. The Labute approximate surface area is 87.7 Å². The predicted molar refractivity (Wildman–Crippen MR) is 60.9 cm³/mol. The van der Waals surface area contributed by atoms with Gasteiger partial charge in [-0.2, -0.15) is 0 Å². The van der Waals surface area contributed by atoms with Crippen molar-refractivity contribution in [2.24, 2.45) is 5.84 Å². The zero-order valence-corrected chi connectivity index (χ0v) is 10.1. The van der Waals surface area contributed by atoms with E-state index in [1.165, 1.54) is 5.57 Å². The largest absolute Gasteiger partial charge is 0.374 e. The van der Waals surface area contributed by atoms with Crippen LogP contribution in [-0.2, 0) is 4.74 Å². The molecule has 84 valence electrons. The number of ether oxygens (including phenoxy) is 1. The molecule has 3 heteroatoms. The fraction of sp³-hybridized carbons (Fsp3) is 0.818. The van der Waals surface area contributed by atoms with E-state index in [0.717, 1.165) is 6.42 Å². The number of hydrogen-bond acceptors (Lipinski definition) is 3. The Morgan fingerprint density at radius 2 is 2.07 bits per heavy atom. The molecule has 0 aromatic carbocycles. The SMILES string of the molecule is CCOC(C)(CC)C(C=C(C)C)NN. The zero-order chi connectivity index (χ0) is 11.2. The summed E-state index contributed by atoms with van der Waals surface area (Å²) >= 11 is 0. The molecule has 0 saturated heterocycles. The maximum atomic E-state index is 5.75. The van der Waals surface area contributed by atoms with Gasteiger partial charge in [0, 0.05) is 6.61 Å². The van der Waals surface area contributed by atoms with Gasteiger partial charge in [-0.25, -0.2) is 0 Å². The lowest BCUT2D eigenvalue weighted by Crippen LogP contribution is -2.52. The lowest BCUT2D eigenvalue weighted by Gasteiger charge is -2.35. The second kappa shape index (κ2) is 6.17. The number of nitrogens with one attached hydrogen (secondary N) is 1. The van der Waals surface area contributed by atoms with Gasteiger partial charge in [0.25, 0.3) is 0 Å². The second-order valence-corrected chi connectivity index (χ2v) is 3.99. The first-order valence-electron chi connectivity index (χ1n) is 5.25. The van der Waals surface area contributed by atoms with Crippen molar-refractivity contribution in [2.75, 3.05) is 6.61 Å². The molecule has 2 unspecified atom stereocenters. The molecule has 2 atom stereocenters. The molecule has 0 heterocycles. The molecule has 3 nitrogen and oxygen atoms in total. The van der Waals surface area contributed by atoms with Crippen molar-refractivity contribution in [3.63, 3.8) is 0 Å². The molecule has 0 aliphatic rings. The van der Waals surface area contributed by atoms with Gasteiger partial charge in [0.05, 0.1) is 11.6 Å². The van der Waals surface area contributed by atoms with Crippen LogP contribution < -0.4 is 11.3 Å². The Morgan fingerprint density at radius 3 is 2.36 bits per heavy atom. The molecule has 0 aliphatic carbocycles. The highest BCUT2D eigenvalue weighted by Gasteiger charge is 2.30. The molecule has 0 aromatic rings. The van der Waals surface area contributed by atoms with E-state index in [1.807, 2.05) is 6.92 Å². The first-order valence-corrected chi connectivity index (χ1v) is 5.25. The van der Waals surface area contributed by atoms with E-state index in [-0.39, 0.29) is 11.6 Å². The fourth-order valence-corrected chi connectivity index (χ4v) is 1.48. The van der Waals surface area contributed by atoms with Crippen molar-refractivity contribution in [1.29, 1.82) is 0 Å². The number of allylic oxidation sites excluding steroid dienone is 1. The normalized spacial score (nSPS) is 17.3. The van der Waals surface area contributed by atoms with E-state index >= 15 is 0 Å². The number of hydrogen-bond donors (Lipinski definition) is 2. The van der Waals surface area contributed by atoms with Gasteiger partial charge in [-0.05, 0) is 34.1 Å². The summed E-state index contributed by atoms with van der Waals surface area (Å²) in [5.74, 6) is 5.54. The summed E-state index contributed by atoms with van der Waals surface area (Å²) in [5, 5.41) is 0. The van der Waals surface area contributed by atoms with Crippen LogP contribution in [0.25, 0.3) is 0 Å². The van der Waals surface area contributed by atoms with Gasteiger partial charge in [0.1, 0.15) is 0 Å². The lowest BCUT2D eigenvalue weighted by atomic mass is 9.92. The van der Waals surface area contributed by atoms with Crippen LogP contribution in [0.4, 0.5) is 0 Å². The van der Waals surface area contributed by atoms with Crippen molar-refractivity contribution in [3.8, 4) is 0 Å². The minimum absolute atomic E-state index is 0.0671. The highest BCUT2D eigenvalue weighted by Crippen LogP contribution is 2.21. The first kappa shape index (κ1) is 13.6. The maximum absolute atomic E-state index is 5.75. The van der Waals surface area contributed by atoms with Crippen LogP contribution in [-0.4, -0.2) is 18.2 Å². The maximum Gasteiger partial charge on any atom is 0.0852 e. The summed E-state index contributed by atoms with van der Waals surface area (Å²) < 4.78 is 5.75. The van der Waals surface area contributed by atoms with E-state index in [0.29, 0.717) is 6.61 Å². The average Bonchev–Trinajstić information content (AvgIpc) is 2.14. The Kier molecular flexibility index (Phi) is 6.00. The van der Waals surface area contributed by atoms with Gasteiger partial charge in [-0.1, -0.05) is 18.6 Å². The van der Waals surface area contributed by atoms with Crippen LogP contribution in [0.15, 0.2) is 11.6 Å². The van der Waals surface area contributed by atoms with E-state index in [9.17, 15) is 0 Å². The molecule has 0 aliphatic heterocycles. The van der Waals surface area contributed by atoms with E-state index in [1.54, 1.807) is 0 Å². The van der Waals surface area contributed by atoms with Crippen molar-refractivity contribution in [3.05, 3.63) is 11.6 Å². The second-order valence-electron chi connectivity index (χ2n) is 3.99. The van der Waals surface area contributed by atoms with Gasteiger partial charge in [-0.15, -0.1) is 0 Å². The van der Waals surface area contributed by atoms with Gasteiger partial charge in [0.2, 0.25) is 0 Å². The molecular weight excluding hydrogens is 176 g/mol. The standard InChI is InChI=1S/C11H24N2O/c1-6-11(5,14-7-2)10(13-12)8-9(3)4/h8,10,13H,6-7,12H2,1-5H3. The van der Waals surface area contributed by atoms with E-state index in [2.05, 4.69) is 39.2 Å². The third-order valence-corrected chi connectivity index (χ3v) is 2.51. The van der Waals surface area contributed by atoms with Gasteiger partial charge in [-0.3, -0.25) is 11.3 Å². The molecule has 0 saturated carbocycles.